The minimum Gasteiger partial charge on any atom is -0.494 e. The second-order valence-corrected chi connectivity index (χ2v) is 6.73. The Morgan fingerprint density at radius 1 is 1.04 bits per heavy atom. The van der Waals surface area contributed by atoms with E-state index in [9.17, 15) is 9.59 Å². The highest BCUT2D eigenvalue weighted by molar-refractivity contribution is 6.04. The molecule has 5 heteroatoms. The van der Waals surface area contributed by atoms with Crippen molar-refractivity contribution in [3.05, 3.63) is 93.4 Å². The molecule has 0 spiro atoms. The minimum absolute atomic E-state index is 0.140. The molecule has 1 amide bonds. The molecule has 2 aromatic carbocycles. The van der Waals surface area contributed by atoms with Gasteiger partial charge in [0.15, 0.2) is 0 Å². The first-order chi connectivity index (χ1) is 13.5. The average molecular weight is 376 g/mol. The minimum atomic E-state index is -0.265. The van der Waals surface area contributed by atoms with E-state index in [-0.39, 0.29) is 11.5 Å². The number of benzene rings is 2. The molecular formula is C23H24N2O3. The van der Waals surface area contributed by atoms with Crippen LogP contribution in [0.15, 0.2) is 65.6 Å². The average Bonchev–Trinajstić information content (AvgIpc) is 2.68. The normalized spacial score (nSPS) is 10.5. The van der Waals surface area contributed by atoms with Crippen LogP contribution in [0.4, 0.5) is 5.69 Å². The number of rotatable bonds is 6. The molecule has 1 N–H and O–H groups in total. The van der Waals surface area contributed by atoms with E-state index in [4.69, 9.17) is 4.74 Å². The van der Waals surface area contributed by atoms with E-state index in [1.54, 1.807) is 41.1 Å². The van der Waals surface area contributed by atoms with Crippen molar-refractivity contribution in [1.29, 1.82) is 0 Å². The lowest BCUT2D eigenvalue weighted by Gasteiger charge is -2.12. The molecule has 0 fully saturated rings. The van der Waals surface area contributed by atoms with Crippen molar-refractivity contribution >= 4 is 11.6 Å². The number of carbonyl (C=O) groups is 1. The highest BCUT2D eigenvalue weighted by atomic mass is 16.5. The lowest BCUT2D eigenvalue weighted by molar-refractivity contribution is 0.102. The zero-order valence-electron chi connectivity index (χ0n) is 16.4. The van der Waals surface area contributed by atoms with Crippen LogP contribution >= 0.6 is 0 Å². The second kappa shape index (κ2) is 8.57. The number of carbonyl (C=O) groups excluding carboxylic acids is 1. The lowest BCUT2D eigenvalue weighted by Crippen LogP contribution is -2.23. The molecule has 0 aliphatic rings. The monoisotopic (exact) mass is 376 g/mol. The molecule has 3 aromatic rings. The number of hydrogen-bond acceptors (Lipinski definition) is 3. The quantitative estimate of drug-likeness (QED) is 0.703. The summed E-state index contributed by atoms with van der Waals surface area (Å²) in [4.78, 5) is 24.9. The molecule has 28 heavy (non-hydrogen) atoms. The van der Waals surface area contributed by atoms with Gasteiger partial charge in [-0.25, -0.2) is 0 Å². The van der Waals surface area contributed by atoms with Crippen LogP contribution in [0.25, 0.3) is 0 Å². The van der Waals surface area contributed by atoms with E-state index >= 15 is 0 Å². The Kier molecular flexibility index (Phi) is 5.94. The molecule has 0 unspecified atom stereocenters. The standard InChI is InChI=1S/C23H24N2O3/c1-4-28-21-10-8-20(9-11-21)24-23(27)18-7-12-22(26)25(14-18)15-19-13-16(2)5-6-17(19)3/h5-14H,4,15H2,1-3H3,(H,24,27). The molecule has 0 radical (unpaired) electrons. The maximum Gasteiger partial charge on any atom is 0.257 e. The molecule has 5 nitrogen and oxygen atoms in total. The molecule has 144 valence electrons. The Labute approximate surface area is 164 Å². The zero-order chi connectivity index (χ0) is 20.1. The van der Waals surface area contributed by atoms with Crippen molar-refractivity contribution < 1.29 is 9.53 Å². The number of anilines is 1. The van der Waals surface area contributed by atoms with Gasteiger partial charge >= 0.3 is 0 Å². The van der Waals surface area contributed by atoms with Gasteiger partial charge in [-0.1, -0.05) is 23.8 Å². The molecule has 0 aliphatic heterocycles. The van der Waals surface area contributed by atoms with Gasteiger partial charge in [0.25, 0.3) is 11.5 Å². The third kappa shape index (κ3) is 4.68. The molecular weight excluding hydrogens is 352 g/mol. The zero-order valence-corrected chi connectivity index (χ0v) is 16.4. The molecule has 1 aromatic heterocycles. The second-order valence-electron chi connectivity index (χ2n) is 6.73. The number of ether oxygens (including phenoxy) is 1. The van der Waals surface area contributed by atoms with Gasteiger partial charge in [0, 0.05) is 18.0 Å². The van der Waals surface area contributed by atoms with E-state index in [0.29, 0.717) is 24.4 Å². The lowest BCUT2D eigenvalue weighted by atomic mass is 10.1. The third-order valence-corrected chi connectivity index (χ3v) is 4.51. The summed E-state index contributed by atoms with van der Waals surface area (Å²) in [6.07, 6.45) is 1.61. The van der Waals surface area contributed by atoms with Crippen molar-refractivity contribution in [3.63, 3.8) is 0 Å². The number of hydrogen-bond donors (Lipinski definition) is 1. The topological polar surface area (TPSA) is 60.3 Å². The summed E-state index contributed by atoms with van der Waals surface area (Å²) >= 11 is 0. The first-order valence-corrected chi connectivity index (χ1v) is 9.27. The predicted octanol–water partition coefficient (Wildman–Crippen LogP) is 4.16. The van der Waals surface area contributed by atoms with Crippen LogP contribution in [-0.2, 0) is 6.54 Å². The molecule has 0 saturated heterocycles. The molecule has 1 heterocycles. The molecule has 0 bridgehead atoms. The van der Waals surface area contributed by atoms with Crippen molar-refractivity contribution in [2.24, 2.45) is 0 Å². The fraction of sp³-hybridized carbons (Fsp3) is 0.217. The summed E-state index contributed by atoms with van der Waals surface area (Å²) in [7, 11) is 0. The largest absolute Gasteiger partial charge is 0.494 e. The Balaban J connectivity index is 1.79. The van der Waals surface area contributed by atoms with Gasteiger partial charge in [0.05, 0.1) is 18.7 Å². The smallest absolute Gasteiger partial charge is 0.257 e. The fourth-order valence-corrected chi connectivity index (χ4v) is 2.95. The predicted molar refractivity (Wildman–Crippen MR) is 111 cm³/mol. The van der Waals surface area contributed by atoms with E-state index in [0.717, 1.165) is 22.4 Å². The molecule has 0 saturated carbocycles. The van der Waals surface area contributed by atoms with Gasteiger partial charge in [-0.3, -0.25) is 9.59 Å². The summed E-state index contributed by atoms with van der Waals surface area (Å²) < 4.78 is 6.97. The number of pyridine rings is 1. The summed E-state index contributed by atoms with van der Waals surface area (Å²) in [5.74, 6) is 0.487. The van der Waals surface area contributed by atoms with Gasteiger partial charge in [0.1, 0.15) is 5.75 Å². The molecule has 0 aliphatic carbocycles. The molecule has 0 atom stereocenters. The summed E-state index contributed by atoms with van der Waals surface area (Å²) in [5.41, 5.74) is 4.27. The van der Waals surface area contributed by atoms with Crippen LogP contribution in [0, 0.1) is 13.8 Å². The van der Waals surface area contributed by atoms with Gasteiger partial charge < -0.3 is 14.6 Å². The number of aromatic nitrogens is 1. The fourth-order valence-electron chi connectivity index (χ4n) is 2.95. The maximum atomic E-state index is 12.6. The van der Waals surface area contributed by atoms with Crippen LogP contribution in [0.1, 0.15) is 34.0 Å². The van der Waals surface area contributed by atoms with Crippen LogP contribution in [0.5, 0.6) is 5.75 Å². The van der Waals surface area contributed by atoms with Crippen LogP contribution in [0.2, 0.25) is 0 Å². The van der Waals surface area contributed by atoms with Crippen molar-refractivity contribution in [2.45, 2.75) is 27.3 Å². The number of aryl methyl sites for hydroxylation is 2. The van der Waals surface area contributed by atoms with E-state index in [1.165, 1.54) is 6.07 Å². The van der Waals surface area contributed by atoms with E-state index in [2.05, 4.69) is 11.4 Å². The van der Waals surface area contributed by atoms with Gasteiger partial charge in [-0.15, -0.1) is 0 Å². The SMILES string of the molecule is CCOc1ccc(NC(=O)c2ccc(=O)n(Cc3cc(C)ccc3C)c2)cc1. The Bertz CT molecular complexity index is 1040. The Hall–Kier alpha value is -3.34. The summed E-state index contributed by atoms with van der Waals surface area (Å²) in [6.45, 7) is 6.97. The van der Waals surface area contributed by atoms with Crippen molar-refractivity contribution in [1.82, 2.24) is 4.57 Å². The van der Waals surface area contributed by atoms with E-state index in [1.807, 2.05) is 32.9 Å². The Morgan fingerprint density at radius 3 is 2.50 bits per heavy atom. The molecule has 3 rings (SSSR count). The van der Waals surface area contributed by atoms with Crippen LogP contribution < -0.4 is 15.6 Å². The summed E-state index contributed by atoms with van der Waals surface area (Å²) in [6, 6.07) is 16.3. The number of amides is 1. The van der Waals surface area contributed by atoms with Gasteiger partial charge in [-0.05, 0) is 62.2 Å². The summed E-state index contributed by atoms with van der Waals surface area (Å²) in [5, 5.41) is 2.85. The number of nitrogens with one attached hydrogen (secondary N) is 1. The first-order valence-electron chi connectivity index (χ1n) is 9.27. The maximum absolute atomic E-state index is 12.6. The number of nitrogens with zero attached hydrogens (tertiary/aromatic N) is 1. The Morgan fingerprint density at radius 2 is 1.79 bits per heavy atom. The first kappa shape index (κ1) is 19.4. The highest BCUT2D eigenvalue weighted by Crippen LogP contribution is 2.17. The van der Waals surface area contributed by atoms with Crippen molar-refractivity contribution in [3.8, 4) is 5.75 Å². The van der Waals surface area contributed by atoms with Crippen molar-refractivity contribution in [2.75, 3.05) is 11.9 Å². The van der Waals surface area contributed by atoms with Crippen LogP contribution in [-0.4, -0.2) is 17.1 Å². The third-order valence-electron chi connectivity index (χ3n) is 4.51. The van der Waals surface area contributed by atoms with Crippen LogP contribution in [0.3, 0.4) is 0 Å². The van der Waals surface area contributed by atoms with Gasteiger partial charge in [0.2, 0.25) is 0 Å². The van der Waals surface area contributed by atoms with Gasteiger partial charge in [-0.2, -0.15) is 0 Å². The highest BCUT2D eigenvalue weighted by Gasteiger charge is 2.10. The van der Waals surface area contributed by atoms with E-state index < -0.39 is 0 Å².